The largest absolute Gasteiger partial charge is 0.348 e. The average Bonchev–Trinajstić information content (AvgIpc) is 3.24. The Morgan fingerprint density at radius 2 is 1.78 bits per heavy atom. The molecule has 5 heteroatoms. The normalized spacial score (nSPS) is 12.2. The molecule has 0 saturated carbocycles. The highest BCUT2D eigenvalue weighted by Gasteiger charge is 2.20. The van der Waals surface area contributed by atoms with Crippen LogP contribution in [0.15, 0.2) is 54.6 Å². The van der Waals surface area contributed by atoms with Crippen molar-refractivity contribution in [1.82, 2.24) is 20.0 Å². The third-order valence-corrected chi connectivity index (χ3v) is 5.99. The summed E-state index contributed by atoms with van der Waals surface area (Å²) < 4.78 is 1.79. The molecule has 1 amide bonds. The van der Waals surface area contributed by atoms with E-state index in [-0.39, 0.29) is 11.9 Å². The number of aryl methyl sites for hydroxylation is 2. The molecule has 3 aromatic rings. The molecule has 1 atom stereocenters. The summed E-state index contributed by atoms with van der Waals surface area (Å²) in [5.41, 5.74) is 5.52. The molecule has 0 fully saturated rings. The van der Waals surface area contributed by atoms with Crippen LogP contribution in [0, 0.1) is 13.8 Å². The van der Waals surface area contributed by atoms with Crippen molar-refractivity contribution >= 4 is 5.91 Å². The quantitative estimate of drug-likeness (QED) is 0.467. The topological polar surface area (TPSA) is 50.2 Å². The molecule has 1 unspecified atom stereocenters. The zero-order valence-corrected chi connectivity index (χ0v) is 20.1. The summed E-state index contributed by atoms with van der Waals surface area (Å²) in [4.78, 5) is 15.7. The summed E-state index contributed by atoms with van der Waals surface area (Å²) in [6.45, 7) is 13.8. The lowest BCUT2D eigenvalue weighted by molar-refractivity contribution is 0.0929. The molecule has 0 spiro atoms. The number of nitrogens with zero attached hydrogens (tertiary/aromatic N) is 3. The van der Waals surface area contributed by atoms with Crippen molar-refractivity contribution in [3.05, 3.63) is 71.4 Å². The highest BCUT2D eigenvalue weighted by molar-refractivity contribution is 5.94. The van der Waals surface area contributed by atoms with E-state index in [4.69, 9.17) is 5.10 Å². The number of aromatic nitrogens is 2. The van der Waals surface area contributed by atoms with Crippen LogP contribution in [0.2, 0.25) is 0 Å². The zero-order valence-electron chi connectivity index (χ0n) is 20.1. The SMILES string of the molecule is CCN(CC)CCCC(C)NC(=O)c1cc(-c2ccccc2)nn1-c1cc(C)ccc1C. The van der Waals surface area contributed by atoms with Gasteiger partial charge in [0.2, 0.25) is 0 Å². The molecular weight excluding hydrogens is 396 g/mol. The van der Waals surface area contributed by atoms with E-state index < -0.39 is 0 Å². The Bertz CT molecular complexity index is 1020. The Morgan fingerprint density at radius 1 is 1.06 bits per heavy atom. The number of nitrogens with one attached hydrogen (secondary N) is 1. The van der Waals surface area contributed by atoms with Gasteiger partial charge in [-0.3, -0.25) is 4.79 Å². The van der Waals surface area contributed by atoms with Gasteiger partial charge in [0.25, 0.3) is 5.91 Å². The number of rotatable bonds is 10. The van der Waals surface area contributed by atoms with Gasteiger partial charge < -0.3 is 10.2 Å². The predicted octanol–water partition coefficient (Wildman–Crippen LogP) is 5.40. The molecule has 2 aromatic carbocycles. The molecule has 170 valence electrons. The Labute approximate surface area is 192 Å². The summed E-state index contributed by atoms with van der Waals surface area (Å²) in [6, 6.07) is 18.2. The highest BCUT2D eigenvalue weighted by atomic mass is 16.2. The molecule has 0 saturated heterocycles. The van der Waals surface area contributed by atoms with E-state index in [1.54, 1.807) is 4.68 Å². The number of amides is 1. The van der Waals surface area contributed by atoms with Crippen LogP contribution in [0.1, 0.15) is 55.2 Å². The van der Waals surface area contributed by atoms with Gasteiger partial charge in [0.1, 0.15) is 5.69 Å². The highest BCUT2D eigenvalue weighted by Crippen LogP contribution is 2.24. The van der Waals surface area contributed by atoms with Gasteiger partial charge in [-0.1, -0.05) is 56.3 Å². The smallest absolute Gasteiger partial charge is 0.270 e. The summed E-state index contributed by atoms with van der Waals surface area (Å²) in [6.07, 6.45) is 2.01. The molecule has 0 aliphatic rings. The first-order valence-electron chi connectivity index (χ1n) is 11.7. The maximum absolute atomic E-state index is 13.3. The predicted molar refractivity (Wildman–Crippen MR) is 132 cm³/mol. The van der Waals surface area contributed by atoms with Gasteiger partial charge in [0.15, 0.2) is 0 Å². The van der Waals surface area contributed by atoms with Crippen LogP contribution in [0.4, 0.5) is 0 Å². The molecule has 1 heterocycles. The fraction of sp³-hybridized carbons (Fsp3) is 0.407. The zero-order chi connectivity index (χ0) is 23.1. The summed E-state index contributed by atoms with van der Waals surface area (Å²) >= 11 is 0. The summed E-state index contributed by atoms with van der Waals surface area (Å²) in [5, 5.41) is 8.03. The lowest BCUT2D eigenvalue weighted by atomic mass is 10.1. The van der Waals surface area contributed by atoms with Crippen molar-refractivity contribution in [1.29, 1.82) is 0 Å². The molecule has 0 aliphatic carbocycles. The number of carbonyl (C=O) groups is 1. The number of benzene rings is 2. The van der Waals surface area contributed by atoms with Crippen molar-refractivity contribution < 1.29 is 4.79 Å². The Morgan fingerprint density at radius 3 is 2.47 bits per heavy atom. The molecule has 1 N–H and O–H groups in total. The minimum absolute atomic E-state index is 0.0871. The Kier molecular flexibility index (Phi) is 8.23. The van der Waals surface area contributed by atoms with E-state index in [0.29, 0.717) is 5.69 Å². The van der Waals surface area contributed by atoms with Gasteiger partial charge in [-0.05, 0) is 76.5 Å². The van der Waals surface area contributed by atoms with E-state index in [2.05, 4.69) is 63.0 Å². The lowest BCUT2D eigenvalue weighted by Gasteiger charge is -2.20. The maximum atomic E-state index is 13.3. The second kappa shape index (κ2) is 11.1. The first kappa shape index (κ1) is 23.7. The third kappa shape index (κ3) is 5.86. The lowest BCUT2D eigenvalue weighted by Crippen LogP contribution is -2.34. The van der Waals surface area contributed by atoms with Gasteiger partial charge >= 0.3 is 0 Å². The first-order chi connectivity index (χ1) is 15.4. The second-order valence-corrected chi connectivity index (χ2v) is 8.53. The number of hydrogen-bond acceptors (Lipinski definition) is 3. The molecule has 5 nitrogen and oxygen atoms in total. The number of hydrogen-bond donors (Lipinski definition) is 1. The van der Waals surface area contributed by atoms with Crippen molar-refractivity contribution in [2.45, 2.75) is 53.5 Å². The Hall–Kier alpha value is -2.92. The molecule has 1 aromatic heterocycles. The standard InChI is InChI=1S/C27H36N4O/c1-6-30(7-2)17-11-12-22(5)28-27(32)26-19-24(23-13-9-8-10-14-23)29-31(26)25-18-20(3)15-16-21(25)4/h8-10,13-16,18-19,22H,6-7,11-12,17H2,1-5H3,(H,28,32). The van der Waals surface area contributed by atoms with Crippen molar-refractivity contribution in [3.63, 3.8) is 0 Å². The van der Waals surface area contributed by atoms with Gasteiger partial charge in [-0.15, -0.1) is 0 Å². The molecule has 0 bridgehead atoms. The fourth-order valence-corrected chi connectivity index (χ4v) is 3.95. The van der Waals surface area contributed by atoms with Crippen LogP contribution in [-0.4, -0.2) is 46.3 Å². The van der Waals surface area contributed by atoms with E-state index in [1.165, 1.54) is 0 Å². The average molecular weight is 433 g/mol. The summed E-state index contributed by atoms with van der Waals surface area (Å²) in [5.74, 6) is -0.0871. The molecule has 32 heavy (non-hydrogen) atoms. The van der Waals surface area contributed by atoms with Gasteiger partial charge in [-0.2, -0.15) is 5.10 Å². The maximum Gasteiger partial charge on any atom is 0.270 e. The molecule has 0 aliphatic heterocycles. The fourth-order valence-electron chi connectivity index (χ4n) is 3.95. The van der Waals surface area contributed by atoms with Crippen LogP contribution >= 0.6 is 0 Å². The van der Waals surface area contributed by atoms with Crippen molar-refractivity contribution in [2.75, 3.05) is 19.6 Å². The first-order valence-corrected chi connectivity index (χ1v) is 11.7. The third-order valence-electron chi connectivity index (χ3n) is 5.99. The molecule has 3 rings (SSSR count). The van der Waals surface area contributed by atoms with Crippen molar-refractivity contribution in [3.8, 4) is 16.9 Å². The van der Waals surface area contributed by atoms with Crippen LogP contribution in [0.3, 0.4) is 0 Å². The minimum atomic E-state index is -0.0871. The molecule has 0 radical (unpaired) electrons. The van der Waals surface area contributed by atoms with Crippen LogP contribution in [0.5, 0.6) is 0 Å². The van der Waals surface area contributed by atoms with Gasteiger partial charge in [0, 0.05) is 11.6 Å². The van der Waals surface area contributed by atoms with Crippen LogP contribution < -0.4 is 5.32 Å². The van der Waals surface area contributed by atoms with E-state index in [0.717, 1.165) is 60.5 Å². The van der Waals surface area contributed by atoms with E-state index in [1.807, 2.05) is 36.4 Å². The Balaban J connectivity index is 1.85. The second-order valence-electron chi connectivity index (χ2n) is 8.53. The van der Waals surface area contributed by atoms with E-state index in [9.17, 15) is 4.79 Å². The monoisotopic (exact) mass is 432 g/mol. The minimum Gasteiger partial charge on any atom is -0.348 e. The van der Waals surface area contributed by atoms with Crippen LogP contribution in [0.25, 0.3) is 16.9 Å². The van der Waals surface area contributed by atoms with Crippen molar-refractivity contribution in [2.24, 2.45) is 0 Å². The van der Waals surface area contributed by atoms with Gasteiger partial charge in [0.05, 0.1) is 11.4 Å². The van der Waals surface area contributed by atoms with Crippen LogP contribution in [-0.2, 0) is 0 Å². The summed E-state index contributed by atoms with van der Waals surface area (Å²) in [7, 11) is 0. The molecular formula is C27H36N4O. The van der Waals surface area contributed by atoms with E-state index >= 15 is 0 Å². The van der Waals surface area contributed by atoms with Gasteiger partial charge in [-0.25, -0.2) is 4.68 Å². The number of carbonyl (C=O) groups excluding carboxylic acids is 1.